The SMILES string of the molecule is O=C(CCc1ccccc1)[C@@H]1CCC(=O)N1C(=O)Nc1ccccc1. The van der Waals surface area contributed by atoms with E-state index in [1.807, 2.05) is 36.4 Å². The van der Waals surface area contributed by atoms with Crippen LogP contribution in [0.4, 0.5) is 10.5 Å². The molecule has 0 saturated carbocycles. The second-order valence-corrected chi connectivity index (χ2v) is 6.07. The van der Waals surface area contributed by atoms with Crippen LogP contribution in [0, 0.1) is 0 Å². The number of nitrogens with zero attached hydrogens (tertiary/aromatic N) is 1. The van der Waals surface area contributed by atoms with Gasteiger partial charge in [0.2, 0.25) is 5.91 Å². The first kappa shape index (κ1) is 16.9. The van der Waals surface area contributed by atoms with Crippen LogP contribution in [0.2, 0.25) is 0 Å². The Morgan fingerprint density at radius 3 is 2.32 bits per heavy atom. The van der Waals surface area contributed by atoms with Gasteiger partial charge >= 0.3 is 6.03 Å². The van der Waals surface area contributed by atoms with Crippen molar-refractivity contribution >= 4 is 23.4 Å². The smallest absolute Gasteiger partial charge is 0.307 e. The highest BCUT2D eigenvalue weighted by molar-refractivity contribution is 6.07. The zero-order valence-electron chi connectivity index (χ0n) is 13.9. The molecule has 128 valence electrons. The Morgan fingerprint density at radius 2 is 1.64 bits per heavy atom. The standard InChI is InChI=1S/C20H20N2O3/c23-18(13-11-15-7-3-1-4-8-15)17-12-14-19(24)22(17)20(25)21-16-9-5-2-6-10-16/h1-10,17H,11-14H2,(H,21,25)/t17-/m0/s1. The average molecular weight is 336 g/mol. The summed E-state index contributed by atoms with van der Waals surface area (Å²) >= 11 is 0. The summed E-state index contributed by atoms with van der Waals surface area (Å²) in [5.41, 5.74) is 1.67. The molecule has 0 aliphatic carbocycles. The molecule has 3 rings (SSSR count). The minimum absolute atomic E-state index is 0.0714. The molecule has 5 heteroatoms. The highest BCUT2D eigenvalue weighted by atomic mass is 16.2. The van der Waals surface area contributed by atoms with Gasteiger partial charge in [0.1, 0.15) is 6.04 Å². The molecule has 1 aliphatic heterocycles. The third-order valence-electron chi connectivity index (χ3n) is 4.33. The fourth-order valence-electron chi connectivity index (χ4n) is 3.03. The van der Waals surface area contributed by atoms with Gasteiger partial charge in [-0.25, -0.2) is 4.79 Å². The topological polar surface area (TPSA) is 66.5 Å². The fourth-order valence-corrected chi connectivity index (χ4v) is 3.03. The van der Waals surface area contributed by atoms with E-state index < -0.39 is 12.1 Å². The Kier molecular flexibility index (Phi) is 5.23. The number of hydrogen-bond donors (Lipinski definition) is 1. The summed E-state index contributed by atoms with van der Waals surface area (Å²) in [4.78, 5) is 38.2. The highest BCUT2D eigenvalue weighted by Crippen LogP contribution is 2.22. The molecule has 1 aliphatic rings. The normalized spacial score (nSPS) is 16.7. The van der Waals surface area contributed by atoms with Crippen LogP contribution < -0.4 is 5.32 Å². The number of urea groups is 1. The second-order valence-electron chi connectivity index (χ2n) is 6.07. The molecule has 5 nitrogen and oxygen atoms in total. The lowest BCUT2D eigenvalue weighted by atomic mass is 10.0. The van der Waals surface area contributed by atoms with Crippen LogP contribution in [0.1, 0.15) is 24.8 Å². The molecular formula is C20H20N2O3. The molecule has 0 aromatic heterocycles. The van der Waals surface area contributed by atoms with E-state index in [0.717, 1.165) is 10.5 Å². The Hall–Kier alpha value is -2.95. The number of para-hydroxylation sites is 1. The lowest BCUT2D eigenvalue weighted by Gasteiger charge is -2.22. The number of benzene rings is 2. The number of amides is 3. The zero-order valence-corrected chi connectivity index (χ0v) is 13.9. The summed E-state index contributed by atoms with van der Waals surface area (Å²) in [5, 5.41) is 2.69. The first-order valence-electron chi connectivity index (χ1n) is 8.40. The largest absolute Gasteiger partial charge is 0.329 e. The van der Waals surface area contributed by atoms with E-state index in [-0.39, 0.29) is 18.1 Å². The Morgan fingerprint density at radius 1 is 1.00 bits per heavy atom. The maximum atomic E-state index is 12.6. The molecular weight excluding hydrogens is 316 g/mol. The predicted octanol–water partition coefficient (Wildman–Crippen LogP) is 3.41. The number of anilines is 1. The van der Waals surface area contributed by atoms with Crippen LogP contribution in [0.25, 0.3) is 0 Å². The molecule has 2 aromatic rings. The third-order valence-corrected chi connectivity index (χ3v) is 4.33. The van der Waals surface area contributed by atoms with E-state index in [1.165, 1.54) is 0 Å². The molecule has 1 heterocycles. The van der Waals surface area contributed by atoms with E-state index >= 15 is 0 Å². The van der Waals surface area contributed by atoms with Crippen molar-refractivity contribution in [1.29, 1.82) is 0 Å². The van der Waals surface area contributed by atoms with E-state index in [9.17, 15) is 14.4 Å². The molecule has 1 N–H and O–H groups in total. The lowest BCUT2D eigenvalue weighted by molar-refractivity contribution is -0.131. The first-order valence-corrected chi connectivity index (χ1v) is 8.40. The molecule has 0 spiro atoms. The van der Waals surface area contributed by atoms with Gasteiger partial charge in [-0.1, -0.05) is 48.5 Å². The van der Waals surface area contributed by atoms with Gasteiger partial charge in [-0.05, 0) is 30.5 Å². The van der Waals surface area contributed by atoms with Crippen LogP contribution >= 0.6 is 0 Å². The number of aryl methyl sites for hydroxylation is 1. The van der Waals surface area contributed by atoms with E-state index in [4.69, 9.17) is 0 Å². The van der Waals surface area contributed by atoms with Gasteiger partial charge in [-0.15, -0.1) is 0 Å². The number of hydrogen-bond acceptors (Lipinski definition) is 3. The van der Waals surface area contributed by atoms with Crippen LogP contribution in [-0.2, 0) is 16.0 Å². The molecule has 0 unspecified atom stereocenters. The number of imide groups is 1. The van der Waals surface area contributed by atoms with Crippen LogP contribution in [-0.4, -0.2) is 28.7 Å². The summed E-state index contributed by atoms with van der Waals surface area (Å²) in [7, 11) is 0. The number of likely N-dealkylation sites (tertiary alicyclic amines) is 1. The summed E-state index contributed by atoms with van der Waals surface area (Å²) in [6.07, 6.45) is 1.55. The van der Waals surface area contributed by atoms with Crippen molar-refractivity contribution < 1.29 is 14.4 Å². The van der Waals surface area contributed by atoms with E-state index in [1.54, 1.807) is 24.3 Å². The van der Waals surface area contributed by atoms with Crippen molar-refractivity contribution in [2.45, 2.75) is 31.7 Å². The van der Waals surface area contributed by atoms with Gasteiger partial charge in [0.25, 0.3) is 0 Å². The molecule has 0 bridgehead atoms. The summed E-state index contributed by atoms with van der Waals surface area (Å²) < 4.78 is 0. The van der Waals surface area contributed by atoms with Gasteiger partial charge in [-0.2, -0.15) is 0 Å². The molecule has 25 heavy (non-hydrogen) atoms. The number of carbonyl (C=O) groups is 3. The van der Waals surface area contributed by atoms with Crippen molar-refractivity contribution in [2.75, 3.05) is 5.32 Å². The monoisotopic (exact) mass is 336 g/mol. The minimum atomic E-state index is -0.667. The van der Waals surface area contributed by atoms with Crippen molar-refractivity contribution in [3.63, 3.8) is 0 Å². The molecule has 3 amide bonds. The van der Waals surface area contributed by atoms with E-state index in [0.29, 0.717) is 24.9 Å². The Bertz CT molecular complexity index is 759. The van der Waals surface area contributed by atoms with Crippen LogP contribution in [0.5, 0.6) is 0 Å². The minimum Gasteiger partial charge on any atom is -0.307 e. The number of carbonyl (C=O) groups excluding carboxylic acids is 3. The number of Topliss-reactive ketones (excluding diaryl/α,β-unsaturated/α-hetero) is 1. The summed E-state index contributed by atoms with van der Waals surface area (Å²) in [5.74, 6) is -0.371. The van der Waals surface area contributed by atoms with Gasteiger partial charge in [-0.3, -0.25) is 14.5 Å². The van der Waals surface area contributed by atoms with Gasteiger partial charge in [0, 0.05) is 18.5 Å². The lowest BCUT2D eigenvalue weighted by Crippen LogP contribution is -2.45. The van der Waals surface area contributed by atoms with Gasteiger partial charge in [0.15, 0.2) is 5.78 Å². The highest BCUT2D eigenvalue weighted by Gasteiger charge is 2.39. The van der Waals surface area contributed by atoms with Gasteiger partial charge < -0.3 is 5.32 Å². The zero-order chi connectivity index (χ0) is 17.6. The average Bonchev–Trinajstić information content (AvgIpc) is 3.03. The van der Waals surface area contributed by atoms with E-state index in [2.05, 4.69) is 5.32 Å². The summed E-state index contributed by atoms with van der Waals surface area (Å²) in [6.45, 7) is 0. The number of rotatable bonds is 5. The number of nitrogens with one attached hydrogen (secondary N) is 1. The quantitative estimate of drug-likeness (QED) is 0.910. The summed E-state index contributed by atoms with van der Waals surface area (Å²) in [6, 6.07) is 17.4. The number of ketones is 1. The van der Waals surface area contributed by atoms with Crippen molar-refractivity contribution in [2.24, 2.45) is 0 Å². The molecule has 1 fully saturated rings. The van der Waals surface area contributed by atoms with Crippen molar-refractivity contribution in [3.8, 4) is 0 Å². The van der Waals surface area contributed by atoms with Gasteiger partial charge in [0.05, 0.1) is 0 Å². The van der Waals surface area contributed by atoms with Crippen molar-refractivity contribution in [3.05, 3.63) is 66.2 Å². The first-order chi connectivity index (χ1) is 12.1. The third kappa shape index (κ3) is 4.12. The Balaban J connectivity index is 1.64. The molecule has 1 atom stereocenters. The maximum Gasteiger partial charge on any atom is 0.329 e. The molecule has 1 saturated heterocycles. The van der Waals surface area contributed by atoms with Crippen molar-refractivity contribution in [1.82, 2.24) is 4.90 Å². The Labute approximate surface area is 146 Å². The maximum absolute atomic E-state index is 12.6. The fraction of sp³-hybridized carbons (Fsp3) is 0.250. The van der Waals surface area contributed by atoms with Crippen LogP contribution in [0.3, 0.4) is 0 Å². The second kappa shape index (κ2) is 7.75. The predicted molar refractivity (Wildman–Crippen MR) is 95.1 cm³/mol. The molecule has 0 radical (unpaired) electrons. The molecule has 2 aromatic carbocycles. The van der Waals surface area contributed by atoms with Crippen LogP contribution in [0.15, 0.2) is 60.7 Å².